The van der Waals surface area contributed by atoms with E-state index in [0.29, 0.717) is 0 Å². The Labute approximate surface area is 104 Å². The van der Waals surface area contributed by atoms with Crippen LogP contribution in [0.1, 0.15) is 17.5 Å². The average molecular weight is 230 g/mol. The first-order chi connectivity index (χ1) is 8.20. The van der Waals surface area contributed by atoms with Gasteiger partial charge in [-0.2, -0.15) is 0 Å². The van der Waals surface area contributed by atoms with E-state index in [4.69, 9.17) is 0 Å². The lowest BCUT2D eigenvalue weighted by Gasteiger charge is -2.32. The van der Waals surface area contributed by atoms with Crippen LogP contribution in [-0.4, -0.2) is 26.7 Å². The van der Waals surface area contributed by atoms with Crippen LogP contribution in [-0.2, 0) is 6.42 Å². The molecule has 0 spiro atoms. The Bertz CT molecular complexity index is 409. The van der Waals surface area contributed by atoms with Crippen LogP contribution >= 0.6 is 0 Å². The summed E-state index contributed by atoms with van der Waals surface area (Å²) < 4.78 is 0. The molecule has 0 unspecified atom stereocenters. The Hall–Kier alpha value is -1.28. The van der Waals surface area contributed by atoms with Crippen molar-refractivity contribution < 1.29 is 0 Å². The second-order valence-corrected chi connectivity index (χ2v) is 4.94. The lowest BCUT2D eigenvalue weighted by atomic mass is 9.99. The molecule has 0 aliphatic carbocycles. The number of hydrogen-bond acceptors (Lipinski definition) is 2. The van der Waals surface area contributed by atoms with E-state index in [1.807, 2.05) is 7.05 Å². The quantitative estimate of drug-likeness (QED) is 0.800. The fourth-order valence-corrected chi connectivity index (χ4v) is 2.54. The second-order valence-electron chi connectivity index (χ2n) is 4.94. The van der Waals surface area contributed by atoms with Gasteiger partial charge in [0.1, 0.15) is 0 Å². The zero-order chi connectivity index (χ0) is 12.3. The second kappa shape index (κ2) is 5.37. The van der Waals surface area contributed by atoms with Crippen LogP contribution in [0.5, 0.6) is 0 Å². The molecule has 1 aliphatic rings. The first kappa shape index (κ1) is 12.2. The maximum Gasteiger partial charge on any atom is 0.0401 e. The zero-order valence-electron chi connectivity index (χ0n) is 10.9. The number of anilines is 1. The summed E-state index contributed by atoms with van der Waals surface area (Å²) in [7, 11) is 1.97. The number of benzene rings is 1. The molecular weight excluding hydrogens is 208 g/mol. The molecule has 1 aliphatic heterocycles. The summed E-state index contributed by atoms with van der Waals surface area (Å²) in [5, 5.41) is 3.16. The van der Waals surface area contributed by atoms with Crippen molar-refractivity contribution in [3.63, 3.8) is 0 Å². The van der Waals surface area contributed by atoms with Crippen molar-refractivity contribution in [2.24, 2.45) is 0 Å². The SMILES string of the molecule is C=C(CNC)CN1CCCc2cc(C)ccc21. The van der Waals surface area contributed by atoms with Gasteiger partial charge in [0, 0.05) is 25.3 Å². The van der Waals surface area contributed by atoms with Crippen LogP contribution in [0.15, 0.2) is 30.4 Å². The van der Waals surface area contributed by atoms with Crippen LogP contribution in [0.2, 0.25) is 0 Å². The molecule has 0 aromatic heterocycles. The van der Waals surface area contributed by atoms with Crippen LogP contribution < -0.4 is 10.2 Å². The van der Waals surface area contributed by atoms with Gasteiger partial charge in [0.15, 0.2) is 0 Å². The van der Waals surface area contributed by atoms with Crippen molar-refractivity contribution >= 4 is 5.69 Å². The van der Waals surface area contributed by atoms with Crippen LogP contribution in [0.3, 0.4) is 0 Å². The van der Waals surface area contributed by atoms with E-state index in [1.54, 1.807) is 0 Å². The Balaban J connectivity index is 2.14. The molecule has 1 aromatic carbocycles. The molecule has 0 saturated carbocycles. The lowest BCUT2D eigenvalue weighted by Crippen LogP contribution is -2.32. The molecule has 17 heavy (non-hydrogen) atoms. The number of nitrogens with zero attached hydrogens (tertiary/aromatic N) is 1. The van der Waals surface area contributed by atoms with Crippen molar-refractivity contribution in [3.8, 4) is 0 Å². The fraction of sp³-hybridized carbons (Fsp3) is 0.467. The van der Waals surface area contributed by atoms with Gasteiger partial charge in [-0.05, 0) is 44.0 Å². The maximum absolute atomic E-state index is 4.12. The number of fused-ring (bicyclic) bond motifs is 1. The molecule has 0 atom stereocenters. The monoisotopic (exact) mass is 230 g/mol. The highest BCUT2D eigenvalue weighted by atomic mass is 15.1. The van der Waals surface area contributed by atoms with E-state index < -0.39 is 0 Å². The topological polar surface area (TPSA) is 15.3 Å². The summed E-state index contributed by atoms with van der Waals surface area (Å²) >= 11 is 0. The summed E-state index contributed by atoms with van der Waals surface area (Å²) in [5.74, 6) is 0. The highest BCUT2D eigenvalue weighted by Crippen LogP contribution is 2.28. The normalized spacial score (nSPS) is 14.6. The van der Waals surface area contributed by atoms with E-state index in [2.05, 4.69) is 41.9 Å². The Morgan fingerprint density at radius 1 is 1.47 bits per heavy atom. The first-order valence-corrected chi connectivity index (χ1v) is 6.36. The van der Waals surface area contributed by atoms with Crippen LogP contribution in [0.25, 0.3) is 0 Å². The van der Waals surface area contributed by atoms with E-state index >= 15 is 0 Å². The van der Waals surface area contributed by atoms with Crippen molar-refractivity contribution in [1.29, 1.82) is 0 Å². The summed E-state index contributed by atoms with van der Waals surface area (Å²) in [6.07, 6.45) is 2.47. The third-order valence-electron chi connectivity index (χ3n) is 3.29. The molecule has 0 radical (unpaired) electrons. The van der Waals surface area contributed by atoms with Gasteiger partial charge in [-0.1, -0.05) is 24.3 Å². The Kier molecular flexibility index (Phi) is 3.85. The van der Waals surface area contributed by atoms with Crippen molar-refractivity contribution in [2.45, 2.75) is 19.8 Å². The minimum Gasteiger partial charge on any atom is -0.367 e. The number of hydrogen-bond donors (Lipinski definition) is 1. The summed E-state index contributed by atoms with van der Waals surface area (Å²) in [4.78, 5) is 2.46. The third-order valence-corrected chi connectivity index (χ3v) is 3.29. The largest absolute Gasteiger partial charge is 0.367 e. The van der Waals surface area contributed by atoms with Gasteiger partial charge in [0.2, 0.25) is 0 Å². The van der Waals surface area contributed by atoms with Gasteiger partial charge in [0.25, 0.3) is 0 Å². The molecule has 0 saturated heterocycles. The number of aryl methyl sites for hydroxylation is 2. The molecule has 1 N–H and O–H groups in total. The molecular formula is C15H22N2. The molecule has 2 heteroatoms. The third kappa shape index (κ3) is 2.89. The minimum absolute atomic E-state index is 0.900. The summed E-state index contributed by atoms with van der Waals surface area (Å²) in [6.45, 7) is 9.31. The first-order valence-electron chi connectivity index (χ1n) is 6.36. The van der Waals surface area contributed by atoms with Gasteiger partial charge in [-0.3, -0.25) is 0 Å². The minimum atomic E-state index is 0.900. The Morgan fingerprint density at radius 2 is 2.29 bits per heavy atom. The molecule has 1 heterocycles. The fourth-order valence-electron chi connectivity index (χ4n) is 2.54. The lowest BCUT2D eigenvalue weighted by molar-refractivity contribution is 0.703. The van der Waals surface area contributed by atoms with Crippen molar-refractivity contribution in [2.75, 3.05) is 31.6 Å². The predicted molar refractivity (Wildman–Crippen MR) is 74.8 cm³/mol. The Morgan fingerprint density at radius 3 is 3.06 bits per heavy atom. The maximum atomic E-state index is 4.12. The van der Waals surface area contributed by atoms with Gasteiger partial charge in [-0.25, -0.2) is 0 Å². The number of rotatable bonds is 4. The van der Waals surface area contributed by atoms with E-state index in [-0.39, 0.29) is 0 Å². The standard InChI is InChI=1S/C15H22N2/c1-12-6-7-15-14(9-12)5-4-8-17(15)11-13(2)10-16-3/h6-7,9,16H,2,4-5,8,10-11H2,1,3H3. The molecule has 1 aromatic rings. The highest BCUT2D eigenvalue weighted by Gasteiger charge is 2.16. The smallest absolute Gasteiger partial charge is 0.0401 e. The molecule has 2 nitrogen and oxygen atoms in total. The van der Waals surface area contributed by atoms with Gasteiger partial charge >= 0.3 is 0 Å². The van der Waals surface area contributed by atoms with Crippen molar-refractivity contribution in [1.82, 2.24) is 5.32 Å². The van der Waals surface area contributed by atoms with Gasteiger partial charge in [0.05, 0.1) is 0 Å². The molecule has 0 amide bonds. The number of likely N-dealkylation sites (N-methyl/N-ethyl adjacent to an activating group) is 1. The van der Waals surface area contributed by atoms with Gasteiger partial charge in [-0.15, -0.1) is 0 Å². The van der Waals surface area contributed by atoms with E-state index in [1.165, 1.54) is 35.2 Å². The van der Waals surface area contributed by atoms with Crippen LogP contribution in [0.4, 0.5) is 5.69 Å². The predicted octanol–water partition coefficient (Wildman–Crippen LogP) is 2.52. The zero-order valence-corrected chi connectivity index (χ0v) is 10.9. The molecule has 0 fully saturated rings. The van der Waals surface area contributed by atoms with Crippen LogP contribution in [0, 0.1) is 6.92 Å². The molecule has 92 valence electrons. The van der Waals surface area contributed by atoms with Crippen molar-refractivity contribution in [3.05, 3.63) is 41.5 Å². The summed E-state index contributed by atoms with van der Waals surface area (Å²) in [6, 6.07) is 6.79. The average Bonchev–Trinajstić information content (AvgIpc) is 2.29. The molecule has 0 bridgehead atoms. The van der Waals surface area contributed by atoms with E-state index in [0.717, 1.165) is 19.6 Å². The van der Waals surface area contributed by atoms with E-state index in [9.17, 15) is 0 Å². The number of nitrogens with one attached hydrogen (secondary N) is 1. The summed E-state index contributed by atoms with van der Waals surface area (Å²) in [5.41, 5.74) is 5.51. The van der Waals surface area contributed by atoms with Gasteiger partial charge < -0.3 is 10.2 Å². The highest BCUT2D eigenvalue weighted by molar-refractivity contribution is 5.57. The molecule has 2 rings (SSSR count).